The second-order valence-corrected chi connectivity index (χ2v) is 18.9. The number of aromatic nitrogens is 2. The van der Waals surface area contributed by atoms with Crippen LogP contribution in [0.2, 0.25) is 0 Å². The predicted octanol–water partition coefficient (Wildman–Crippen LogP) is 17.3. The van der Waals surface area contributed by atoms with Gasteiger partial charge in [-0.25, -0.2) is 0 Å². The number of para-hydroxylation sites is 4. The standard InChI is InChI=1S/C56H36N4S3/c1-5-21-41(22-6-1)57(42-23-7-2-8-24-42)49-35-47-53(61-49)55-51(59(47)45-31-29-37-17-13-15-19-39(37)33-45)52-56(63-55)54-48(60(52)46-32-30-38-18-14-16-20-40(38)34-46)36-50(62-54)58(43-25-9-3-10-26-43)44-27-11-4-12-28-44/h1-36H. The summed E-state index contributed by atoms with van der Waals surface area (Å²) in [6.07, 6.45) is 0. The summed E-state index contributed by atoms with van der Waals surface area (Å²) in [6.45, 7) is 0. The Balaban J connectivity index is 1.14. The van der Waals surface area contributed by atoms with E-state index in [4.69, 9.17) is 0 Å². The van der Waals surface area contributed by atoms with Gasteiger partial charge in [0.1, 0.15) is 10.0 Å². The molecule has 8 aromatic carbocycles. The van der Waals surface area contributed by atoms with Crippen molar-refractivity contribution >= 4 is 129 Å². The minimum absolute atomic E-state index is 1.13. The molecule has 5 heterocycles. The molecule has 63 heavy (non-hydrogen) atoms. The number of fused-ring (bicyclic) bond motifs is 9. The highest BCUT2D eigenvalue weighted by Crippen LogP contribution is 2.54. The van der Waals surface area contributed by atoms with Crippen molar-refractivity contribution in [3.63, 3.8) is 0 Å². The van der Waals surface area contributed by atoms with Crippen molar-refractivity contribution in [2.45, 2.75) is 0 Å². The molecule has 0 fully saturated rings. The van der Waals surface area contributed by atoms with Gasteiger partial charge in [-0.15, -0.1) is 34.0 Å². The van der Waals surface area contributed by atoms with E-state index in [-0.39, 0.29) is 0 Å². The number of rotatable bonds is 8. The van der Waals surface area contributed by atoms with E-state index in [0.717, 1.165) is 34.1 Å². The van der Waals surface area contributed by atoms with Crippen LogP contribution in [0.1, 0.15) is 0 Å². The summed E-state index contributed by atoms with van der Waals surface area (Å²) in [5.74, 6) is 0. The highest BCUT2D eigenvalue weighted by atomic mass is 32.1. The Morgan fingerprint density at radius 3 is 0.984 bits per heavy atom. The zero-order valence-corrected chi connectivity index (χ0v) is 36.2. The highest BCUT2D eigenvalue weighted by molar-refractivity contribution is 7.35. The first-order chi connectivity index (χ1) is 31.2. The maximum absolute atomic E-state index is 2.55. The molecule has 13 rings (SSSR count). The van der Waals surface area contributed by atoms with Gasteiger partial charge in [0.25, 0.3) is 0 Å². The molecular formula is C56H36N4S3. The van der Waals surface area contributed by atoms with Crippen LogP contribution in [0.25, 0.3) is 73.8 Å². The lowest BCUT2D eigenvalue weighted by atomic mass is 10.1. The minimum Gasteiger partial charge on any atom is -0.305 e. The summed E-state index contributed by atoms with van der Waals surface area (Å²) >= 11 is 5.69. The fraction of sp³-hybridized carbons (Fsp3) is 0. The van der Waals surface area contributed by atoms with Gasteiger partial charge in [0, 0.05) is 34.1 Å². The molecule has 0 radical (unpaired) electrons. The van der Waals surface area contributed by atoms with Gasteiger partial charge in [0.2, 0.25) is 0 Å². The Bertz CT molecular complexity index is 3470. The third kappa shape index (κ3) is 5.85. The fourth-order valence-electron chi connectivity index (χ4n) is 9.28. The highest BCUT2D eigenvalue weighted by Gasteiger charge is 2.29. The first-order valence-corrected chi connectivity index (χ1v) is 23.5. The van der Waals surface area contributed by atoms with Crippen molar-refractivity contribution in [3.8, 4) is 11.4 Å². The number of benzene rings is 8. The average molecular weight is 861 g/mol. The molecule has 0 aliphatic carbocycles. The molecule has 0 N–H and O–H groups in total. The van der Waals surface area contributed by atoms with Gasteiger partial charge in [-0.3, -0.25) is 0 Å². The molecule has 5 aromatic heterocycles. The van der Waals surface area contributed by atoms with Crippen LogP contribution in [-0.2, 0) is 0 Å². The molecule has 0 aliphatic rings. The number of thiophene rings is 3. The normalized spacial score (nSPS) is 11.8. The SMILES string of the molecule is c1ccc(N(c2ccccc2)c2cc3c(s2)c2sc4c5sc(N(c6ccccc6)c6ccccc6)cc5n(-c5ccc6ccccc6c5)c4c2n3-c2ccc3ccccc3c2)cc1. The van der Waals surface area contributed by atoms with Crippen LogP contribution in [0, 0.1) is 0 Å². The quantitative estimate of drug-likeness (QED) is 0.151. The molecule has 7 heteroatoms. The summed E-state index contributed by atoms with van der Waals surface area (Å²) in [5, 5.41) is 7.26. The van der Waals surface area contributed by atoms with Crippen LogP contribution in [-0.4, -0.2) is 9.13 Å². The summed E-state index contributed by atoms with van der Waals surface area (Å²) in [4.78, 5) is 4.80. The van der Waals surface area contributed by atoms with E-state index in [2.05, 4.69) is 237 Å². The van der Waals surface area contributed by atoms with Crippen molar-refractivity contribution in [2.24, 2.45) is 0 Å². The topological polar surface area (TPSA) is 16.3 Å². The Morgan fingerprint density at radius 1 is 0.286 bits per heavy atom. The van der Waals surface area contributed by atoms with Crippen LogP contribution in [0.4, 0.5) is 32.8 Å². The molecule has 4 nitrogen and oxygen atoms in total. The van der Waals surface area contributed by atoms with Gasteiger partial charge < -0.3 is 18.9 Å². The molecule has 0 aliphatic heterocycles. The maximum Gasteiger partial charge on any atom is 0.103 e. The lowest BCUT2D eigenvalue weighted by Gasteiger charge is -2.23. The Morgan fingerprint density at radius 2 is 0.619 bits per heavy atom. The molecule has 13 aromatic rings. The van der Waals surface area contributed by atoms with Crippen molar-refractivity contribution in [1.82, 2.24) is 9.13 Å². The molecule has 298 valence electrons. The van der Waals surface area contributed by atoms with Gasteiger partial charge in [-0.05, 0) is 106 Å². The lowest BCUT2D eigenvalue weighted by molar-refractivity contribution is 1.16. The van der Waals surface area contributed by atoms with Crippen LogP contribution in [0.15, 0.2) is 218 Å². The molecule has 0 bridgehead atoms. The molecule has 0 saturated heterocycles. The van der Waals surface area contributed by atoms with E-state index in [1.807, 2.05) is 34.0 Å². The molecule has 0 saturated carbocycles. The maximum atomic E-state index is 2.55. The molecule has 0 amide bonds. The largest absolute Gasteiger partial charge is 0.305 e. The first-order valence-electron chi connectivity index (χ1n) is 21.1. The van der Waals surface area contributed by atoms with E-state index >= 15 is 0 Å². The third-order valence-electron chi connectivity index (χ3n) is 12.1. The number of nitrogens with zero attached hydrogens (tertiary/aromatic N) is 4. The van der Waals surface area contributed by atoms with Crippen LogP contribution in [0.3, 0.4) is 0 Å². The number of anilines is 6. The predicted molar refractivity (Wildman–Crippen MR) is 273 cm³/mol. The molecule has 0 atom stereocenters. The van der Waals surface area contributed by atoms with E-state index in [1.165, 1.54) is 72.4 Å². The number of hydrogen-bond acceptors (Lipinski definition) is 5. The van der Waals surface area contributed by atoms with Gasteiger partial charge in [-0.2, -0.15) is 0 Å². The Kier molecular flexibility index (Phi) is 8.40. The zero-order valence-electron chi connectivity index (χ0n) is 33.8. The smallest absolute Gasteiger partial charge is 0.103 e. The summed E-state index contributed by atoms with van der Waals surface area (Å²) in [6, 6.07) is 79.1. The van der Waals surface area contributed by atoms with Crippen LogP contribution < -0.4 is 9.80 Å². The summed E-state index contributed by atoms with van der Waals surface area (Å²) in [5.41, 5.74) is 11.7. The second kappa shape index (κ2) is 14.6. The van der Waals surface area contributed by atoms with Crippen molar-refractivity contribution < 1.29 is 0 Å². The van der Waals surface area contributed by atoms with Gasteiger partial charge in [0.05, 0.1) is 40.9 Å². The Labute approximate surface area is 375 Å². The minimum atomic E-state index is 1.13. The van der Waals surface area contributed by atoms with E-state index in [9.17, 15) is 0 Å². The van der Waals surface area contributed by atoms with Crippen molar-refractivity contribution in [3.05, 3.63) is 218 Å². The van der Waals surface area contributed by atoms with Crippen LogP contribution in [0.5, 0.6) is 0 Å². The van der Waals surface area contributed by atoms with E-state index in [1.54, 1.807) is 0 Å². The van der Waals surface area contributed by atoms with E-state index < -0.39 is 0 Å². The monoisotopic (exact) mass is 860 g/mol. The third-order valence-corrected chi connectivity index (χ3v) is 15.8. The summed E-state index contributed by atoms with van der Waals surface area (Å²) in [7, 11) is 0. The summed E-state index contributed by atoms with van der Waals surface area (Å²) < 4.78 is 10.3. The molecule has 0 spiro atoms. The van der Waals surface area contributed by atoms with Gasteiger partial charge in [0.15, 0.2) is 0 Å². The van der Waals surface area contributed by atoms with E-state index in [0.29, 0.717) is 0 Å². The van der Waals surface area contributed by atoms with Gasteiger partial charge in [-0.1, -0.05) is 133 Å². The molecule has 0 unspecified atom stereocenters. The average Bonchev–Trinajstić information content (AvgIpc) is 4.16. The van der Waals surface area contributed by atoms with Crippen molar-refractivity contribution in [1.29, 1.82) is 0 Å². The first kappa shape index (κ1) is 36.3. The van der Waals surface area contributed by atoms with Crippen LogP contribution >= 0.6 is 34.0 Å². The lowest BCUT2D eigenvalue weighted by Crippen LogP contribution is -2.08. The number of hydrogen-bond donors (Lipinski definition) is 0. The molecular weight excluding hydrogens is 825 g/mol. The second-order valence-electron chi connectivity index (χ2n) is 15.8. The zero-order chi connectivity index (χ0) is 41.4. The van der Waals surface area contributed by atoms with Gasteiger partial charge >= 0.3 is 0 Å². The van der Waals surface area contributed by atoms with Crippen molar-refractivity contribution in [2.75, 3.05) is 9.80 Å². The fourth-order valence-corrected chi connectivity index (χ4v) is 13.2. The Hall–Kier alpha value is -7.42.